The topological polar surface area (TPSA) is 113 Å². The Morgan fingerprint density at radius 1 is 1.04 bits per heavy atom. The average molecular weight is 388 g/mol. The first-order valence-corrected chi connectivity index (χ1v) is 9.89. The fraction of sp³-hybridized carbons (Fsp3) is 0.222. The predicted octanol–water partition coefficient (Wildman–Crippen LogP) is 0.892. The molecule has 0 saturated carbocycles. The Labute approximate surface area is 157 Å². The molecule has 3 rings (SSSR count). The summed E-state index contributed by atoms with van der Waals surface area (Å²) in [5.74, 6) is -0.284. The second-order valence-electron chi connectivity index (χ2n) is 6.16. The number of urea groups is 1. The van der Waals surface area contributed by atoms with E-state index in [4.69, 9.17) is 5.14 Å². The summed E-state index contributed by atoms with van der Waals surface area (Å²) in [4.78, 5) is 27.7. The number of primary sulfonamides is 1. The average Bonchev–Trinajstić information content (AvgIpc) is 3.01. The fourth-order valence-electron chi connectivity index (χ4n) is 2.80. The van der Waals surface area contributed by atoms with Gasteiger partial charge in [-0.15, -0.1) is 0 Å². The van der Waals surface area contributed by atoms with E-state index in [0.29, 0.717) is 13.1 Å². The molecule has 1 saturated heterocycles. The molecule has 1 fully saturated rings. The largest absolute Gasteiger partial charge is 0.350 e. The first kappa shape index (κ1) is 18.9. The van der Waals surface area contributed by atoms with Crippen LogP contribution < -0.4 is 15.4 Å². The third kappa shape index (κ3) is 4.63. The molecule has 0 aromatic heterocycles. The van der Waals surface area contributed by atoms with Gasteiger partial charge in [0.15, 0.2) is 0 Å². The first-order valence-electron chi connectivity index (χ1n) is 8.34. The van der Waals surface area contributed by atoms with Crippen LogP contribution >= 0.6 is 0 Å². The molecule has 3 amide bonds. The molecule has 8 nitrogen and oxygen atoms in total. The summed E-state index contributed by atoms with van der Waals surface area (Å²) in [7, 11) is -3.74. The summed E-state index contributed by atoms with van der Waals surface area (Å²) < 4.78 is 22.5. The van der Waals surface area contributed by atoms with Crippen molar-refractivity contribution in [2.45, 2.75) is 11.4 Å². The normalized spacial score (nSPS) is 14.5. The van der Waals surface area contributed by atoms with E-state index in [0.717, 1.165) is 11.3 Å². The number of para-hydroxylation sites is 1. The molecule has 0 atom stereocenters. The SMILES string of the molecule is NS(=O)(=O)c1ccc(CNC(=O)CN2CCN(c3ccccc3)C2=O)cc1. The van der Waals surface area contributed by atoms with Gasteiger partial charge in [0.25, 0.3) is 0 Å². The molecule has 0 radical (unpaired) electrons. The van der Waals surface area contributed by atoms with Crippen LogP contribution in [0, 0.1) is 0 Å². The van der Waals surface area contributed by atoms with Crippen molar-refractivity contribution < 1.29 is 18.0 Å². The Hall–Kier alpha value is -2.91. The molecular weight excluding hydrogens is 368 g/mol. The van der Waals surface area contributed by atoms with Gasteiger partial charge in [-0.05, 0) is 29.8 Å². The third-order valence-electron chi connectivity index (χ3n) is 4.24. The van der Waals surface area contributed by atoms with Gasteiger partial charge in [-0.25, -0.2) is 18.4 Å². The van der Waals surface area contributed by atoms with Crippen LogP contribution in [-0.4, -0.2) is 44.9 Å². The molecule has 1 aliphatic heterocycles. The molecule has 3 N–H and O–H groups in total. The van der Waals surface area contributed by atoms with Crippen LogP contribution in [0.25, 0.3) is 0 Å². The minimum Gasteiger partial charge on any atom is -0.350 e. The van der Waals surface area contributed by atoms with Crippen LogP contribution in [0.3, 0.4) is 0 Å². The number of carbonyl (C=O) groups is 2. The van der Waals surface area contributed by atoms with Gasteiger partial charge in [-0.1, -0.05) is 30.3 Å². The number of carbonyl (C=O) groups excluding carboxylic acids is 2. The molecule has 0 aliphatic carbocycles. The molecule has 9 heteroatoms. The van der Waals surface area contributed by atoms with Crippen LogP contribution in [0.1, 0.15) is 5.56 Å². The van der Waals surface area contributed by atoms with Crippen molar-refractivity contribution in [3.05, 3.63) is 60.2 Å². The number of anilines is 1. The van der Waals surface area contributed by atoms with E-state index in [1.165, 1.54) is 17.0 Å². The summed E-state index contributed by atoms with van der Waals surface area (Å²) >= 11 is 0. The van der Waals surface area contributed by atoms with Crippen molar-refractivity contribution in [1.29, 1.82) is 0 Å². The van der Waals surface area contributed by atoms with Gasteiger partial charge in [0, 0.05) is 25.3 Å². The van der Waals surface area contributed by atoms with Crippen molar-refractivity contribution in [3.63, 3.8) is 0 Å². The van der Waals surface area contributed by atoms with E-state index < -0.39 is 10.0 Å². The van der Waals surface area contributed by atoms with Gasteiger partial charge < -0.3 is 10.2 Å². The molecule has 1 aliphatic rings. The second kappa shape index (κ2) is 7.77. The highest BCUT2D eigenvalue weighted by Gasteiger charge is 2.30. The highest BCUT2D eigenvalue weighted by atomic mass is 32.2. The summed E-state index contributed by atoms with van der Waals surface area (Å²) in [5.41, 5.74) is 1.54. The Morgan fingerprint density at radius 2 is 1.70 bits per heavy atom. The Balaban J connectivity index is 1.52. The van der Waals surface area contributed by atoms with Crippen molar-refractivity contribution in [2.24, 2.45) is 5.14 Å². The number of nitrogens with one attached hydrogen (secondary N) is 1. The van der Waals surface area contributed by atoms with Crippen LogP contribution in [0.4, 0.5) is 10.5 Å². The van der Waals surface area contributed by atoms with E-state index in [-0.39, 0.29) is 29.9 Å². The van der Waals surface area contributed by atoms with Crippen LogP contribution in [-0.2, 0) is 21.4 Å². The minimum absolute atomic E-state index is 0.0150. The van der Waals surface area contributed by atoms with E-state index in [1.54, 1.807) is 17.0 Å². The smallest absolute Gasteiger partial charge is 0.325 e. The zero-order valence-electron chi connectivity index (χ0n) is 14.5. The zero-order chi connectivity index (χ0) is 19.4. The summed E-state index contributed by atoms with van der Waals surface area (Å²) in [6.45, 7) is 1.21. The van der Waals surface area contributed by atoms with Gasteiger partial charge in [0.2, 0.25) is 15.9 Å². The standard InChI is InChI=1S/C18H20N4O4S/c19-27(25,26)16-8-6-14(7-9-16)12-20-17(23)13-21-10-11-22(18(21)24)15-4-2-1-3-5-15/h1-9H,10-13H2,(H,20,23)(H2,19,25,26). The maximum absolute atomic E-state index is 12.5. The molecule has 0 bridgehead atoms. The molecule has 2 aromatic rings. The number of nitrogens with zero attached hydrogens (tertiary/aromatic N) is 2. The lowest BCUT2D eigenvalue weighted by molar-refractivity contribution is -0.121. The van der Waals surface area contributed by atoms with Crippen molar-refractivity contribution in [1.82, 2.24) is 10.2 Å². The van der Waals surface area contributed by atoms with Gasteiger partial charge >= 0.3 is 6.03 Å². The van der Waals surface area contributed by atoms with Crippen molar-refractivity contribution >= 4 is 27.6 Å². The molecule has 0 spiro atoms. The van der Waals surface area contributed by atoms with Crippen molar-refractivity contribution in [2.75, 3.05) is 24.5 Å². The molecule has 142 valence electrons. The molecule has 1 heterocycles. The molecule has 2 aromatic carbocycles. The van der Waals surface area contributed by atoms with Gasteiger partial charge in [-0.2, -0.15) is 0 Å². The van der Waals surface area contributed by atoms with Crippen LogP contribution in [0.15, 0.2) is 59.5 Å². The zero-order valence-corrected chi connectivity index (χ0v) is 15.4. The second-order valence-corrected chi connectivity index (χ2v) is 7.72. The number of nitrogens with two attached hydrogens (primary N) is 1. The number of hydrogen-bond donors (Lipinski definition) is 2. The number of amides is 3. The Bertz CT molecular complexity index is 930. The lowest BCUT2D eigenvalue weighted by atomic mass is 10.2. The number of rotatable bonds is 6. The van der Waals surface area contributed by atoms with Crippen molar-refractivity contribution in [3.8, 4) is 0 Å². The highest BCUT2D eigenvalue weighted by Crippen LogP contribution is 2.19. The predicted molar refractivity (Wildman–Crippen MR) is 100 cm³/mol. The highest BCUT2D eigenvalue weighted by molar-refractivity contribution is 7.89. The Kier molecular flexibility index (Phi) is 5.43. The first-order chi connectivity index (χ1) is 12.8. The quantitative estimate of drug-likeness (QED) is 0.765. The summed E-state index contributed by atoms with van der Waals surface area (Å²) in [5, 5.41) is 7.77. The number of sulfonamides is 1. The number of hydrogen-bond acceptors (Lipinski definition) is 4. The maximum atomic E-state index is 12.5. The molecule has 0 unspecified atom stereocenters. The fourth-order valence-corrected chi connectivity index (χ4v) is 3.32. The van der Waals surface area contributed by atoms with E-state index >= 15 is 0 Å². The van der Waals surface area contributed by atoms with Crippen LogP contribution in [0.5, 0.6) is 0 Å². The summed E-state index contributed by atoms with van der Waals surface area (Å²) in [6.07, 6.45) is 0. The Morgan fingerprint density at radius 3 is 2.33 bits per heavy atom. The monoisotopic (exact) mass is 388 g/mol. The van der Waals surface area contributed by atoms with E-state index in [9.17, 15) is 18.0 Å². The molecule has 27 heavy (non-hydrogen) atoms. The number of benzene rings is 2. The lowest BCUT2D eigenvalue weighted by Crippen LogP contribution is -2.39. The maximum Gasteiger partial charge on any atom is 0.325 e. The minimum atomic E-state index is -3.74. The van der Waals surface area contributed by atoms with Crippen LogP contribution in [0.2, 0.25) is 0 Å². The summed E-state index contributed by atoms with van der Waals surface area (Å²) in [6, 6.07) is 15.0. The van der Waals surface area contributed by atoms with Gasteiger partial charge in [0.1, 0.15) is 6.54 Å². The van der Waals surface area contributed by atoms with E-state index in [1.807, 2.05) is 30.3 Å². The van der Waals surface area contributed by atoms with Gasteiger partial charge in [0.05, 0.1) is 4.90 Å². The molecular formula is C18H20N4O4S. The third-order valence-corrected chi connectivity index (χ3v) is 5.17. The van der Waals surface area contributed by atoms with Gasteiger partial charge in [-0.3, -0.25) is 9.69 Å². The van der Waals surface area contributed by atoms with E-state index in [2.05, 4.69) is 5.32 Å². The lowest BCUT2D eigenvalue weighted by Gasteiger charge is -2.18.